The van der Waals surface area contributed by atoms with Crippen molar-refractivity contribution in [3.05, 3.63) is 29.5 Å². The van der Waals surface area contributed by atoms with Gasteiger partial charge < -0.3 is 14.9 Å². The summed E-state index contributed by atoms with van der Waals surface area (Å²) in [6, 6.07) is 3.13. The zero-order valence-electron chi connectivity index (χ0n) is 10.4. The SMILES string of the molecule is COC(=O)C(N)CSCc1csc(-c2ccco2)n1. The van der Waals surface area contributed by atoms with Crippen LogP contribution < -0.4 is 5.73 Å². The van der Waals surface area contributed by atoms with Gasteiger partial charge in [-0.25, -0.2) is 4.98 Å². The van der Waals surface area contributed by atoms with E-state index in [0.717, 1.165) is 16.5 Å². The van der Waals surface area contributed by atoms with Gasteiger partial charge in [-0.2, -0.15) is 11.8 Å². The standard InChI is InChI=1S/C12H14N2O3S2/c1-16-12(15)9(13)7-18-5-8-6-19-11(14-8)10-3-2-4-17-10/h2-4,6,9H,5,7,13H2,1H3. The monoisotopic (exact) mass is 298 g/mol. The number of furan rings is 1. The summed E-state index contributed by atoms with van der Waals surface area (Å²) in [4.78, 5) is 15.6. The molecule has 0 radical (unpaired) electrons. The first-order chi connectivity index (χ1) is 9.20. The van der Waals surface area contributed by atoms with Crippen LogP contribution in [0.4, 0.5) is 0 Å². The molecule has 0 aliphatic heterocycles. The topological polar surface area (TPSA) is 78.4 Å². The van der Waals surface area contributed by atoms with Crippen molar-refractivity contribution < 1.29 is 13.9 Å². The van der Waals surface area contributed by atoms with Crippen LogP contribution in [0.15, 0.2) is 28.2 Å². The summed E-state index contributed by atoms with van der Waals surface area (Å²) in [5.41, 5.74) is 6.60. The fraction of sp³-hybridized carbons (Fsp3) is 0.333. The highest BCUT2D eigenvalue weighted by molar-refractivity contribution is 7.98. The van der Waals surface area contributed by atoms with Crippen LogP contribution in [0.25, 0.3) is 10.8 Å². The molecule has 0 saturated carbocycles. The molecule has 19 heavy (non-hydrogen) atoms. The summed E-state index contributed by atoms with van der Waals surface area (Å²) in [5.74, 6) is 1.61. The Kier molecular flexibility index (Phi) is 5.00. The minimum absolute atomic E-state index is 0.387. The Morgan fingerprint density at radius 1 is 1.68 bits per heavy atom. The smallest absolute Gasteiger partial charge is 0.323 e. The van der Waals surface area contributed by atoms with Crippen LogP contribution in [0.2, 0.25) is 0 Å². The highest BCUT2D eigenvalue weighted by atomic mass is 32.2. The van der Waals surface area contributed by atoms with Crippen molar-refractivity contribution in [3.63, 3.8) is 0 Å². The van der Waals surface area contributed by atoms with E-state index in [1.54, 1.807) is 18.0 Å². The minimum atomic E-state index is -0.585. The quantitative estimate of drug-likeness (QED) is 0.823. The van der Waals surface area contributed by atoms with E-state index in [-0.39, 0.29) is 5.97 Å². The maximum Gasteiger partial charge on any atom is 0.323 e. The van der Waals surface area contributed by atoms with Crippen LogP contribution in [-0.2, 0) is 15.3 Å². The molecule has 0 fully saturated rings. The number of hydrogen-bond acceptors (Lipinski definition) is 7. The molecular weight excluding hydrogens is 284 g/mol. The van der Waals surface area contributed by atoms with E-state index in [1.807, 2.05) is 17.5 Å². The minimum Gasteiger partial charge on any atom is -0.468 e. The van der Waals surface area contributed by atoms with E-state index in [4.69, 9.17) is 10.2 Å². The first kappa shape index (κ1) is 14.1. The summed E-state index contributed by atoms with van der Waals surface area (Å²) in [7, 11) is 1.34. The van der Waals surface area contributed by atoms with Gasteiger partial charge in [-0.1, -0.05) is 0 Å². The Morgan fingerprint density at radius 2 is 2.53 bits per heavy atom. The van der Waals surface area contributed by atoms with Crippen molar-refractivity contribution in [2.45, 2.75) is 11.8 Å². The fourth-order valence-corrected chi connectivity index (χ4v) is 3.15. The fourth-order valence-electron chi connectivity index (χ4n) is 1.40. The first-order valence-corrected chi connectivity index (χ1v) is 7.63. The molecule has 102 valence electrons. The lowest BCUT2D eigenvalue weighted by Gasteiger charge is -2.07. The zero-order chi connectivity index (χ0) is 13.7. The number of thioether (sulfide) groups is 1. The van der Waals surface area contributed by atoms with Crippen molar-refractivity contribution in [2.75, 3.05) is 12.9 Å². The average molecular weight is 298 g/mol. The Balaban J connectivity index is 1.83. The molecule has 2 heterocycles. The molecular formula is C12H14N2O3S2. The lowest BCUT2D eigenvalue weighted by Crippen LogP contribution is -2.33. The van der Waals surface area contributed by atoms with Gasteiger partial charge in [0.25, 0.3) is 0 Å². The summed E-state index contributed by atoms with van der Waals surface area (Å²) in [6.07, 6.45) is 1.63. The molecule has 0 spiro atoms. The number of carbonyl (C=O) groups is 1. The number of methoxy groups -OCH3 is 1. The first-order valence-electron chi connectivity index (χ1n) is 5.60. The van der Waals surface area contributed by atoms with Gasteiger partial charge in [0, 0.05) is 16.9 Å². The number of carbonyl (C=O) groups excluding carboxylic acids is 1. The molecule has 2 N–H and O–H groups in total. The van der Waals surface area contributed by atoms with Crippen molar-refractivity contribution in [1.82, 2.24) is 4.98 Å². The summed E-state index contributed by atoms with van der Waals surface area (Å²) < 4.78 is 9.85. The van der Waals surface area contributed by atoms with Gasteiger partial charge in [0.15, 0.2) is 10.8 Å². The van der Waals surface area contributed by atoms with Crippen LogP contribution in [0.5, 0.6) is 0 Å². The second-order valence-corrected chi connectivity index (χ2v) is 5.65. The van der Waals surface area contributed by atoms with Crippen LogP contribution in [0.3, 0.4) is 0 Å². The molecule has 0 amide bonds. The van der Waals surface area contributed by atoms with E-state index in [0.29, 0.717) is 11.5 Å². The molecule has 2 aromatic heterocycles. The van der Waals surface area contributed by atoms with Crippen LogP contribution in [0.1, 0.15) is 5.69 Å². The van der Waals surface area contributed by atoms with Gasteiger partial charge in [-0.05, 0) is 12.1 Å². The van der Waals surface area contributed by atoms with Gasteiger partial charge in [0.1, 0.15) is 6.04 Å². The number of rotatable bonds is 6. The molecule has 1 atom stereocenters. The number of thiazole rings is 1. The number of nitrogens with two attached hydrogens (primary N) is 1. The van der Waals surface area contributed by atoms with Crippen LogP contribution in [0, 0.1) is 0 Å². The second-order valence-electron chi connectivity index (χ2n) is 3.77. The van der Waals surface area contributed by atoms with E-state index in [2.05, 4.69) is 9.72 Å². The van der Waals surface area contributed by atoms with Gasteiger partial charge in [-0.3, -0.25) is 4.79 Å². The summed E-state index contributed by atoms with van der Waals surface area (Å²) >= 11 is 3.09. The molecule has 0 saturated heterocycles. The largest absolute Gasteiger partial charge is 0.468 e. The molecule has 0 aromatic carbocycles. The van der Waals surface area contributed by atoms with Gasteiger partial charge in [0.05, 0.1) is 19.1 Å². The molecule has 0 aliphatic carbocycles. The molecule has 5 nitrogen and oxygen atoms in total. The number of hydrogen-bond donors (Lipinski definition) is 1. The Morgan fingerprint density at radius 3 is 3.21 bits per heavy atom. The van der Waals surface area contributed by atoms with Crippen LogP contribution in [-0.4, -0.2) is 29.9 Å². The van der Waals surface area contributed by atoms with Crippen molar-refractivity contribution in [2.24, 2.45) is 5.73 Å². The highest BCUT2D eigenvalue weighted by Crippen LogP contribution is 2.25. The lowest BCUT2D eigenvalue weighted by molar-refractivity contribution is -0.141. The normalized spacial score (nSPS) is 12.3. The average Bonchev–Trinajstić information content (AvgIpc) is 3.07. The van der Waals surface area contributed by atoms with E-state index >= 15 is 0 Å². The van der Waals surface area contributed by atoms with Crippen molar-refractivity contribution in [3.8, 4) is 10.8 Å². The predicted molar refractivity (Wildman–Crippen MR) is 76.0 cm³/mol. The van der Waals surface area contributed by atoms with Crippen molar-refractivity contribution in [1.29, 1.82) is 0 Å². The maximum absolute atomic E-state index is 11.1. The summed E-state index contributed by atoms with van der Waals surface area (Å²) in [5, 5.41) is 2.84. The van der Waals surface area contributed by atoms with Crippen molar-refractivity contribution >= 4 is 29.1 Å². The second kappa shape index (κ2) is 6.74. The lowest BCUT2D eigenvalue weighted by atomic mass is 10.4. The van der Waals surface area contributed by atoms with Gasteiger partial charge in [0.2, 0.25) is 0 Å². The Bertz CT molecular complexity index is 525. The highest BCUT2D eigenvalue weighted by Gasteiger charge is 2.14. The van der Waals surface area contributed by atoms with E-state index < -0.39 is 6.04 Å². The molecule has 0 aliphatic rings. The third-order valence-electron chi connectivity index (χ3n) is 2.33. The number of esters is 1. The Hall–Kier alpha value is -1.31. The van der Waals surface area contributed by atoms with E-state index in [1.165, 1.54) is 18.4 Å². The number of ether oxygens (including phenoxy) is 1. The van der Waals surface area contributed by atoms with E-state index in [9.17, 15) is 4.79 Å². The van der Waals surface area contributed by atoms with Gasteiger partial charge in [-0.15, -0.1) is 11.3 Å². The third kappa shape index (κ3) is 3.82. The molecule has 1 unspecified atom stereocenters. The summed E-state index contributed by atoms with van der Waals surface area (Å²) in [6.45, 7) is 0. The zero-order valence-corrected chi connectivity index (χ0v) is 12.0. The Labute approximate surface area is 119 Å². The number of nitrogens with zero attached hydrogens (tertiary/aromatic N) is 1. The van der Waals surface area contributed by atoms with Crippen LogP contribution >= 0.6 is 23.1 Å². The predicted octanol–water partition coefficient (Wildman–Crippen LogP) is 2.14. The molecule has 7 heteroatoms. The molecule has 2 aromatic rings. The van der Waals surface area contributed by atoms with Gasteiger partial charge >= 0.3 is 5.97 Å². The molecule has 0 bridgehead atoms. The third-order valence-corrected chi connectivity index (χ3v) is 4.34. The number of aromatic nitrogens is 1. The maximum atomic E-state index is 11.1. The molecule has 2 rings (SSSR count).